The molecular formula is C10H21N3O. The van der Waals surface area contributed by atoms with E-state index >= 15 is 0 Å². The SMILES string of the molecule is CNCC1CNC(=O)N(CC(C)C)C1. The second kappa shape index (κ2) is 5.20. The number of carbonyl (C=O) groups excluding carboxylic acids is 1. The van der Waals surface area contributed by atoms with Crippen molar-refractivity contribution in [2.24, 2.45) is 11.8 Å². The number of hydrogen-bond acceptors (Lipinski definition) is 2. The number of urea groups is 1. The first kappa shape index (κ1) is 11.3. The molecule has 4 nitrogen and oxygen atoms in total. The summed E-state index contributed by atoms with van der Waals surface area (Å²) in [6.45, 7) is 7.77. The molecule has 0 aromatic carbocycles. The van der Waals surface area contributed by atoms with Gasteiger partial charge < -0.3 is 15.5 Å². The molecule has 1 heterocycles. The molecule has 1 rings (SSSR count). The summed E-state index contributed by atoms with van der Waals surface area (Å²) in [5.41, 5.74) is 0. The summed E-state index contributed by atoms with van der Waals surface area (Å²) >= 11 is 0. The Kier molecular flexibility index (Phi) is 4.20. The molecule has 1 aliphatic rings. The minimum atomic E-state index is 0.0889. The van der Waals surface area contributed by atoms with Crippen molar-refractivity contribution in [1.82, 2.24) is 15.5 Å². The van der Waals surface area contributed by atoms with Gasteiger partial charge in [-0.1, -0.05) is 13.8 Å². The maximum Gasteiger partial charge on any atom is 0.317 e. The lowest BCUT2D eigenvalue weighted by Crippen LogP contribution is -2.53. The predicted molar refractivity (Wildman–Crippen MR) is 57.2 cm³/mol. The van der Waals surface area contributed by atoms with E-state index in [1.807, 2.05) is 11.9 Å². The highest BCUT2D eigenvalue weighted by atomic mass is 16.2. The van der Waals surface area contributed by atoms with E-state index in [0.717, 1.165) is 26.2 Å². The van der Waals surface area contributed by atoms with Crippen molar-refractivity contribution >= 4 is 6.03 Å². The molecule has 0 aliphatic carbocycles. The topological polar surface area (TPSA) is 44.4 Å². The second-order valence-corrected chi connectivity index (χ2v) is 4.41. The molecule has 1 unspecified atom stereocenters. The molecule has 14 heavy (non-hydrogen) atoms. The average Bonchev–Trinajstić information content (AvgIpc) is 2.10. The molecule has 1 saturated heterocycles. The summed E-state index contributed by atoms with van der Waals surface area (Å²) in [6, 6.07) is 0.0889. The van der Waals surface area contributed by atoms with Crippen LogP contribution >= 0.6 is 0 Å². The number of carbonyl (C=O) groups is 1. The Morgan fingerprint density at radius 3 is 2.93 bits per heavy atom. The fraction of sp³-hybridized carbons (Fsp3) is 0.900. The second-order valence-electron chi connectivity index (χ2n) is 4.41. The Morgan fingerprint density at radius 2 is 2.36 bits per heavy atom. The predicted octanol–water partition coefficient (Wildman–Crippen LogP) is 0.503. The first-order chi connectivity index (χ1) is 6.63. The Bertz CT molecular complexity index is 194. The molecule has 0 aromatic heterocycles. The third-order valence-electron chi connectivity index (χ3n) is 2.39. The maximum absolute atomic E-state index is 11.5. The van der Waals surface area contributed by atoms with Gasteiger partial charge in [0.15, 0.2) is 0 Å². The van der Waals surface area contributed by atoms with Crippen LogP contribution in [0.25, 0.3) is 0 Å². The zero-order chi connectivity index (χ0) is 10.6. The van der Waals surface area contributed by atoms with E-state index in [9.17, 15) is 4.79 Å². The van der Waals surface area contributed by atoms with Crippen molar-refractivity contribution in [3.05, 3.63) is 0 Å². The Labute approximate surface area is 86.0 Å². The van der Waals surface area contributed by atoms with Gasteiger partial charge in [-0.2, -0.15) is 0 Å². The highest BCUT2D eigenvalue weighted by Gasteiger charge is 2.24. The minimum Gasteiger partial charge on any atom is -0.338 e. The monoisotopic (exact) mass is 199 g/mol. The number of rotatable bonds is 4. The van der Waals surface area contributed by atoms with Crippen LogP contribution in [0.4, 0.5) is 4.79 Å². The standard InChI is InChI=1S/C10H21N3O/c1-8(2)6-13-7-9(4-11-3)5-12-10(13)14/h8-9,11H,4-7H2,1-3H3,(H,12,14). The zero-order valence-electron chi connectivity index (χ0n) is 9.34. The van der Waals surface area contributed by atoms with E-state index in [1.165, 1.54) is 0 Å². The van der Waals surface area contributed by atoms with Crippen LogP contribution in [-0.2, 0) is 0 Å². The van der Waals surface area contributed by atoms with Crippen molar-refractivity contribution < 1.29 is 4.79 Å². The van der Waals surface area contributed by atoms with Crippen LogP contribution in [-0.4, -0.2) is 44.2 Å². The highest BCUT2D eigenvalue weighted by Crippen LogP contribution is 2.08. The molecule has 1 atom stereocenters. The van der Waals surface area contributed by atoms with E-state index < -0.39 is 0 Å². The summed E-state index contributed by atoms with van der Waals surface area (Å²) < 4.78 is 0. The molecule has 0 radical (unpaired) electrons. The number of hydrogen-bond donors (Lipinski definition) is 2. The fourth-order valence-electron chi connectivity index (χ4n) is 1.83. The van der Waals surface area contributed by atoms with Gasteiger partial charge in [0.2, 0.25) is 0 Å². The van der Waals surface area contributed by atoms with Crippen LogP contribution in [0.5, 0.6) is 0 Å². The number of nitrogens with zero attached hydrogens (tertiary/aromatic N) is 1. The third kappa shape index (κ3) is 3.18. The molecule has 1 aliphatic heterocycles. The van der Waals surface area contributed by atoms with Gasteiger partial charge >= 0.3 is 6.03 Å². The van der Waals surface area contributed by atoms with Gasteiger partial charge in [-0.15, -0.1) is 0 Å². The normalized spacial score (nSPS) is 22.7. The van der Waals surface area contributed by atoms with Crippen LogP contribution in [0.1, 0.15) is 13.8 Å². The lowest BCUT2D eigenvalue weighted by Gasteiger charge is -2.34. The Morgan fingerprint density at radius 1 is 1.64 bits per heavy atom. The number of amides is 2. The molecule has 2 amide bonds. The van der Waals surface area contributed by atoms with Gasteiger partial charge in [-0.3, -0.25) is 0 Å². The van der Waals surface area contributed by atoms with E-state index in [1.54, 1.807) is 0 Å². The van der Waals surface area contributed by atoms with Crippen molar-refractivity contribution in [1.29, 1.82) is 0 Å². The molecule has 82 valence electrons. The van der Waals surface area contributed by atoms with E-state index in [0.29, 0.717) is 11.8 Å². The third-order valence-corrected chi connectivity index (χ3v) is 2.39. The lowest BCUT2D eigenvalue weighted by molar-refractivity contribution is 0.159. The zero-order valence-corrected chi connectivity index (χ0v) is 9.34. The van der Waals surface area contributed by atoms with E-state index in [-0.39, 0.29) is 6.03 Å². The van der Waals surface area contributed by atoms with Crippen LogP contribution in [0.2, 0.25) is 0 Å². The van der Waals surface area contributed by atoms with Crippen molar-refractivity contribution in [2.45, 2.75) is 13.8 Å². The highest BCUT2D eigenvalue weighted by molar-refractivity contribution is 5.74. The summed E-state index contributed by atoms with van der Waals surface area (Å²) in [5, 5.41) is 6.07. The summed E-state index contributed by atoms with van der Waals surface area (Å²) in [7, 11) is 1.95. The summed E-state index contributed by atoms with van der Waals surface area (Å²) in [6.07, 6.45) is 0. The largest absolute Gasteiger partial charge is 0.338 e. The molecule has 0 aromatic rings. The van der Waals surface area contributed by atoms with Gasteiger partial charge in [-0.25, -0.2) is 4.79 Å². The molecule has 2 N–H and O–H groups in total. The van der Waals surface area contributed by atoms with Crippen molar-refractivity contribution in [2.75, 3.05) is 33.2 Å². The Balaban J connectivity index is 2.42. The first-order valence-corrected chi connectivity index (χ1v) is 5.30. The van der Waals surface area contributed by atoms with Gasteiger partial charge in [0.05, 0.1) is 0 Å². The van der Waals surface area contributed by atoms with Gasteiger partial charge in [-0.05, 0) is 13.0 Å². The first-order valence-electron chi connectivity index (χ1n) is 5.30. The molecule has 0 spiro atoms. The molecule has 0 bridgehead atoms. The van der Waals surface area contributed by atoms with Crippen molar-refractivity contribution in [3.63, 3.8) is 0 Å². The summed E-state index contributed by atoms with van der Waals surface area (Å²) in [5.74, 6) is 1.07. The molecule has 4 heteroatoms. The van der Waals surface area contributed by atoms with Crippen LogP contribution in [0.15, 0.2) is 0 Å². The smallest absolute Gasteiger partial charge is 0.317 e. The summed E-state index contributed by atoms with van der Waals surface area (Å²) in [4.78, 5) is 13.4. The van der Waals surface area contributed by atoms with E-state index in [2.05, 4.69) is 24.5 Å². The number of nitrogens with one attached hydrogen (secondary N) is 2. The van der Waals surface area contributed by atoms with Crippen molar-refractivity contribution in [3.8, 4) is 0 Å². The van der Waals surface area contributed by atoms with Crippen LogP contribution < -0.4 is 10.6 Å². The maximum atomic E-state index is 11.5. The quantitative estimate of drug-likeness (QED) is 0.692. The molecular weight excluding hydrogens is 178 g/mol. The average molecular weight is 199 g/mol. The van der Waals surface area contributed by atoms with Gasteiger partial charge in [0.1, 0.15) is 0 Å². The lowest BCUT2D eigenvalue weighted by atomic mass is 10.1. The minimum absolute atomic E-state index is 0.0889. The van der Waals surface area contributed by atoms with E-state index in [4.69, 9.17) is 0 Å². The molecule has 1 fully saturated rings. The van der Waals surface area contributed by atoms with Crippen LogP contribution in [0.3, 0.4) is 0 Å². The van der Waals surface area contributed by atoms with Gasteiger partial charge in [0, 0.05) is 32.1 Å². The van der Waals surface area contributed by atoms with Gasteiger partial charge in [0.25, 0.3) is 0 Å². The fourth-order valence-corrected chi connectivity index (χ4v) is 1.83. The Hall–Kier alpha value is -0.770. The van der Waals surface area contributed by atoms with Crippen LogP contribution in [0, 0.1) is 11.8 Å². The molecule has 0 saturated carbocycles.